The smallest absolute Gasteiger partial charge is 0.321 e. The Hall–Kier alpha value is -1.86. The number of carbonyl (C=O) groups excluding carboxylic acids is 2. The number of likely N-dealkylation sites (tertiary alicyclic amines) is 1. The van der Waals surface area contributed by atoms with Gasteiger partial charge in [0.25, 0.3) is 5.91 Å². The van der Waals surface area contributed by atoms with E-state index in [4.69, 9.17) is 0 Å². The van der Waals surface area contributed by atoms with Crippen LogP contribution in [0.25, 0.3) is 0 Å². The van der Waals surface area contributed by atoms with Gasteiger partial charge in [0.15, 0.2) is 0 Å². The van der Waals surface area contributed by atoms with Crippen molar-refractivity contribution in [3.05, 3.63) is 29.6 Å². The summed E-state index contributed by atoms with van der Waals surface area (Å²) >= 11 is 0. The molecule has 24 heavy (non-hydrogen) atoms. The van der Waals surface area contributed by atoms with Crippen molar-refractivity contribution in [2.75, 3.05) is 38.1 Å². The molecule has 3 amide bonds. The van der Waals surface area contributed by atoms with Gasteiger partial charge in [-0.25, -0.2) is 9.18 Å². The van der Waals surface area contributed by atoms with Crippen LogP contribution in [0.4, 0.5) is 14.9 Å². The Bertz CT molecular complexity index is 628. The predicted molar refractivity (Wildman–Crippen MR) is 92.4 cm³/mol. The molecule has 2 fully saturated rings. The topological polar surface area (TPSA) is 64.7 Å². The van der Waals surface area contributed by atoms with E-state index in [0.29, 0.717) is 31.9 Å². The zero-order valence-corrected chi connectivity index (χ0v) is 14.4. The Kier molecular flexibility index (Phi) is 6.01. The first kappa shape index (κ1) is 18.5. The van der Waals surface area contributed by atoms with Crippen LogP contribution < -0.4 is 15.5 Å². The zero-order chi connectivity index (χ0) is 16.4. The number of anilines is 1. The first-order valence-electron chi connectivity index (χ1n) is 7.91. The number of hydrogen-bond donors (Lipinski definition) is 2. The summed E-state index contributed by atoms with van der Waals surface area (Å²) in [6.07, 6.45) is 1.91. The molecule has 2 aliphatic rings. The van der Waals surface area contributed by atoms with Crippen LogP contribution in [0.2, 0.25) is 0 Å². The van der Waals surface area contributed by atoms with Crippen LogP contribution in [0.15, 0.2) is 18.2 Å². The molecule has 2 saturated heterocycles. The van der Waals surface area contributed by atoms with Crippen molar-refractivity contribution in [1.29, 1.82) is 0 Å². The van der Waals surface area contributed by atoms with Crippen molar-refractivity contribution in [3.8, 4) is 0 Å². The second kappa shape index (κ2) is 7.81. The highest BCUT2D eigenvalue weighted by Crippen LogP contribution is 2.23. The van der Waals surface area contributed by atoms with Gasteiger partial charge >= 0.3 is 6.03 Å². The molecule has 2 aliphatic heterocycles. The molecule has 6 nitrogen and oxygen atoms in total. The van der Waals surface area contributed by atoms with Crippen LogP contribution in [0.5, 0.6) is 0 Å². The van der Waals surface area contributed by atoms with E-state index in [2.05, 4.69) is 10.6 Å². The van der Waals surface area contributed by atoms with Crippen LogP contribution in [-0.4, -0.2) is 56.1 Å². The number of urea groups is 1. The number of hydrogen-bond acceptors (Lipinski definition) is 3. The van der Waals surface area contributed by atoms with Crippen molar-refractivity contribution in [3.63, 3.8) is 0 Å². The Balaban J connectivity index is 0.00000208. The lowest BCUT2D eigenvalue weighted by Crippen LogP contribution is -2.47. The van der Waals surface area contributed by atoms with E-state index in [9.17, 15) is 14.0 Å². The number of rotatable bonds is 3. The Labute approximate surface area is 146 Å². The highest BCUT2D eigenvalue weighted by atomic mass is 35.5. The van der Waals surface area contributed by atoms with Gasteiger partial charge in [-0.3, -0.25) is 9.69 Å². The van der Waals surface area contributed by atoms with Crippen LogP contribution >= 0.6 is 12.4 Å². The predicted octanol–water partition coefficient (Wildman–Crippen LogP) is 1.60. The molecule has 0 aromatic heterocycles. The second-order valence-corrected chi connectivity index (χ2v) is 5.93. The number of halogens is 2. The van der Waals surface area contributed by atoms with E-state index in [-0.39, 0.29) is 36.0 Å². The minimum absolute atomic E-state index is 0. The fourth-order valence-electron chi connectivity index (χ4n) is 3.13. The molecular formula is C16H22ClFN4O2. The molecule has 8 heteroatoms. The molecule has 1 aromatic rings. The summed E-state index contributed by atoms with van der Waals surface area (Å²) in [7, 11) is 1.87. The van der Waals surface area contributed by atoms with Crippen molar-refractivity contribution >= 4 is 30.0 Å². The molecule has 0 aliphatic carbocycles. The maximum atomic E-state index is 14.2. The third kappa shape index (κ3) is 3.62. The van der Waals surface area contributed by atoms with Crippen molar-refractivity contribution < 1.29 is 14.0 Å². The zero-order valence-electron chi connectivity index (χ0n) is 13.5. The number of amides is 3. The van der Waals surface area contributed by atoms with Gasteiger partial charge in [0.05, 0.1) is 5.56 Å². The van der Waals surface area contributed by atoms with Crippen molar-refractivity contribution in [2.45, 2.75) is 18.9 Å². The fourth-order valence-corrected chi connectivity index (χ4v) is 3.13. The van der Waals surface area contributed by atoms with Crippen LogP contribution in [0.3, 0.4) is 0 Å². The van der Waals surface area contributed by atoms with Gasteiger partial charge < -0.3 is 15.5 Å². The van der Waals surface area contributed by atoms with Gasteiger partial charge in [0.2, 0.25) is 0 Å². The van der Waals surface area contributed by atoms with Crippen LogP contribution in [0.1, 0.15) is 23.2 Å². The summed E-state index contributed by atoms with van der Waals surface area (Å²) in [5, 5.41) is 5.87. The quantitative estimate of drug-likeness (QED) is 0.864. The molecule has 1 unspecified atom stereocenters. The second-order valence-electron chi connectivity index (χ2n) is 5.93. The average Bonchev–Trinajstić information content (AvgIpc) is 3.01. The number of likely N-dealkylation sites (N-methyl/N-ethyl adjacent to an activating group) is 1. The van der Waals surface area contributed by atoms with Crippen molar-refractivity contribution in [1.82, 2.24) is 15.5 Å². The highest BCUT2D eigenvalue weighted by Gasteiger charge is 2.27. The summed E-state index contributed by atoms with van der Waals surface area (Å²) in [5.41, 5.74) is 0.575. The third-order valence-corrected chi connectivity index (χ3v) is 4.47. The highest BCUT2D eigenvalue weighted by molar-refractivity contribution is 5.98. The van der Waals surface area contributed by atoms with Gasteiger partial charge in [-0.1, -0.05) is 0 Å². The lowest BCUT2D eigenvalue weighted by atomic mass is 10.0. The van der Waals surface area contributed by atoms with Gasteiger partial charge in [-0.05, 0) is 38.1 Å². The minimum Gasteiger partial charge on any atom is -0.337 e. The van der Waals surface area contributed by atoms with Gasteiger partial charge in [0, 0.05) is 37.9 Å². The van der Waals surface area contributed by atoms with Crippen molar-refractivity contribution in [2.24, 2.45) is 0 Å². The standard InChI is InChI=1S/C16H21FN4O2.ClH/c1-18-11-3-2-7-20(10-11)15(22)13-9-12(4-5-14(13)17)21-8-6-19-16(21)23;/h4-5,9,11,18H,2-3,6-8,10H2,1H3,(H,19,23);1H. The first-order valence-corrected chi connectivity index (χ1v) is 7.91. The van der Waals surface area contributed by atoms with Gasteiger partial charge in [-0.2, -0.15) is 0 Å². The van der Waals surface area contributed by atoms with Crippen LogP contribution in [0, 0.1) is 5.82 Å². The number of nitrogens with zero attached hydrogens (tertiary/aromatic N) is 2. The maximum Gasteiger partial charge on any atom is 0.321 e. The molecule has 0 bridgehead atoms. The molecule has 0 saturated carbocycles. The summed E-state index contributed by atoms with van der Waals surface area (Å²) in [5.74, 6) is -0.867. The van der Waals surface area contributed by atoms with Gasteiger partial charge in [0.1, 0.15) is 5.82 Å². The third-order valence-electron chi connectivity index (χ3n) is 4.47. The molecule has 1 atom stereocenters. The monoisotopic (exact) mass is 356 g/mol. The molecule has 3 rings (SSSR count). The van der Waals surface area contributed by atoms with E-state index in [0.717, 1.165) is 12.8 Å². The summed E-state index contributed by atoms with van der Waals surface area (Å²) < 4.78 is 14.2. The molecule has 2 N–H and O–H groups in total. The van der Waals surface area contributed by atoms with E-state index < -0.39 is 5.82 Å². The molecule has 0 radical (unpaired) electrons. The lowest BCUT2D eigenvalue weighted by Gasteiger charge is -2.32. The Morgan fingerprint density at radius 3 is 2.83 bits per heavy atom. The van der Waals surface area contributed by atoms with Gasteiger partial charge in [-0.15, -0.1) is 12.4 Å². The molecular weight excluding hydrogens is 335 g/mol. The number of carbonyl (C=O) groups is 2. The first-order chi connectivity index (χ1) is 11.1. The Morgan fingerprint density at radius 1 is 1.38 bits per heavy atom. The summed E-state index contributed by atoms with van der Waals surface area (Å²) in [6.45, 7) is 2.27. The fraction of sp³-hybridized carbons (Fsp3) is 0.500. The molecule has 0 spiro atoms. The number of benzene rings is 1. The lowest BCUT2D eigenvalue weighted by molar-refractivity contribution is 0.0693. The molecule has 1 aromatic carbocycles. The molecule has 2 heterocycles. The maximum absolute atomic E-state index is 14.2. The number of nitrogens with one attached hydrogen (secondary N) is 2. The largest absolute Gasteiger partial charge is 0.337 e. The summed E-state index contributed by atoms with van der Waals surface area (Å²) in [4.78, 5) is 27.6. The molecule has 132 valence electrons. The normalized spacial score (nSPS) is 20.6. The van der Waals surface area contributed by atoms with E-state index in [1.807, 2.05) is 7.05 Å². The van der Waals surface area contributed by atoms with Crippen LogP contribution in [-0.2, 0) is 0 Å². The van der Waals surface area contributed by atoms with E-state index in [1.54, 1.807) is 4.90 Å². The summed E-state index contributed by atoms with van der Waals surface area (Å²) in [6, 6.07) is 4.29. The SMILES string of the molecule is CNC1CCCN(C(=O)c2cc(N3CCNC3=O)ccc2F)C1.Cl. The number of piperidine rings is 1. The average molecular weight is 357 g/mol. The van der Waals surface area contributed by atoms with E-state index in [1.165, 1.54) is 23.1 Å². The minimum atomic E-state index is -0.551. The van der Waals surface area contributed by atoms with E-state index >= 15 is 0 Å². The Morgan fingerprint density at radius 2 is 2.17 bits per heavy atom.